The third-order valence-corrected chi connectivity index (χ3v) is 6.48. The molecule has 0 aromatic rings. The van der Waals surface area contributed by atoms with Crippen LogP contribution in [-0.4, -0.2) is 105 Å². The van der Waals surface area contributed by atoms with Crippen molar-refractivity contribution < 1.29 is 8.78 Å². The lowest BCUT2D eigenvalue weighted by Crippen LogP contribution is -2.46. The van der Waals surface area contributed by atoms with Gasteiger partial charge in [0.15, 0.2) is 0 Å². The third kappa shape index (κ3) is 6.42. The predicted molar refractivity (Wildman–Crippen MR) is 98.3 cm³/mol. The van der Waals surface area contributed by atoms with Crippen LogP contribution in [0.3, 0.4) is 0 Å². The number of likely N-dealkylation sites (N-methyl/N-ethyl adjacent to an activating group) is 1. The summed E-state index contributed by atoms with van der Waals surface area (Å²) in [4.78, 5) is 9.80. The molecule has 3 fully saturated rings. The summed E-state index contributed by atoms with van der Waals surface area (Å²) < 4.78 is 26.4. The molecule has 0 bridgehead atoms. The molecule has 0 aromatic carbocycles. The summed E-state index contributed by atoms with van der Waals surface area (Å²) in [6.45, 7) is 11.7. The maximum Gasteiger partial charge on any atom is 0.250 e. The molecular weight excluding hydrogens is 322 g/mol. The van der Waals surface area contributed by atoms with Crippen LogP contribution in [0.1, 0.15) is 32.1 Å². The number of hydrogen-bond donors (Lipinski definition) is 0. The van der Waals surface area contributed by atoms with E-state index in [-0.39, 0.29) is 12.8 Å². The summed E-state index contributed by atoms with van der Waals surface area (Å²) in [6.07, 6.45) is 4.05. The molecule has 0 spiro atoms. The van der Waals surface area contributed by atoms with E-state index in [2.05, 4.69) is 26.6 Å². The van der Waals surface area contributed by atoms with Crippen LogP contribution in [-0.2, 0) is 0 Å². The molecule has 3 heterocycles. The van der Waals surface area contributed by atoms with Gasteiger partial charge in [-0.3, -0.25) is 0 Å². The van der Waals surface area contributed by atoms with Gasteiger partial charge in [0.05, 0.1) is 0 Å². The Kier molecular flexibility index (Phi) is 7.06. The molecule has 3 saturated heterocycles. The van der Waals surface area contributed by atoms with Crippen LogP contribution in [0.5, 0.6) is 0 Å². The van der Waals surface area contributed by atoms with Gasteiger partial charge in [0.1, 0.15) is 0 Å². The minimum absolute atomic E-state index is 0.0430. The van der Waals surface area contributed by atoms with Gasteiger partial charge in [-0.1, -0.05) is 0 Å². The zero-order chi connectivity index (χ0) is 17.7. The number of hydrogen-bond acceptors (Lipinski definition) is 4. The second kappa shape index (κ2) is 9.07. The van der Waals surface area contributed by atoms with Gasteiger partial charge < -0.3 is 19.6 Å². The maximum absolute atomic E-state index is 13.2. The Hall–Kier alpha value is -0.300. The Morgan fingerprint density at radius 1 is 0.720 bits per heavy atom. The lowest BCUT2D eigenvalue weighted by atomic mass is 9.93. The van der Waals surface area contributed by atoms with Crippen molar-refractivity contribution in [2.45, 2.75) is 38.0 Å². The van der Waals surface area contributed by atoms with Crippen LogP contribution < -0.4 is 0 Å². The lowest BCUT2D eigenvalue weighted by Gasteiger charge is -2.37. The van der Waals surface area contributed by atoms with E-state index in [9.17, 15) is 8.78 Å². The van der Waals surface area contributed by atoms with Crippen molar-refractivity contribution >= 4 is 0 Å². The Bertz CT molecular complexity index is 381. The Labute approximate surface area is 152 Å². The van der Waals surface area contributed by atoms with Crippen LogP contribution in [0.4, 0.5) is 8.78 Å². The second-order valence-corrected chi connectivity index (χ2v) is 8.42. The fourth-order valence-corrected chi connectivity index (χ4v) is 4.32. The van der Waals surface area contributed by atoms with Gasteiger partial charge in [0.2, 0.25) is 0 Å². The van der Waals surface area contributed by atoms with Crippen LogP contribution in [0.25, 0.3) is 0 Å². The van der Waals surface area contributed by atoms with Gasteiger partial charge in [-0.2, -0.15) is 0 Å². The van der Waals surface area contributed by atoms with Gasteiger partial charge in [-0.15, -0.1) is 0 Å². The highest BCUT2D eigenvalue weighted by Crippen LogP contribution is 2.27. The Balaban J connectivity index is 1.25. The first-order valence-corrected chi connectivity index (χ1v) is 10.2. The molecule has 3 aliphatic rings. The van der Waals surface area contributed by atoms with Gasteiger partial charge in [0.25, 0.3) is 5.92 Å². The standard InChI is InChI=1S/C19H36F2N4/c1-22-12-14-24(15-13-22)9-4-18-2-7-23(8-3-18)16-17-25-10-5-19(20,21)6-11-25/h18H,2-17H2,1H3. The van der Waals surface area contributed by atoms with Crippen LogP contribution in [0, 0.1) is 5.92 Å². The number of halogens is 2. The normalized spacial score (nSPS) is 28.4. The Morgan fingerprint density at radius 3 is 1.84 bits per heavy atom. The van der Waals surface area contributed by atoms with E-state index >= 15 is 0 Å². The smallest absolute Gasteiger partial charge is 0.250 e. The summed E-state index contributed by atoms with van der Waals surface area (Å²) in [5.41, 5.74) is 0. The monoisotopic (exact) mass is 358 g/mol. The second-order valence-electron chi connectivity index (χ2n) is 8.42. The molecule has 146 valence electrons. The SMILES string of the molecule is CN1CCN(CCC2CCN(CCN3CCC(F)(F)CC3)CC2)CC1. The van der Waals surface area contributed by atoms with Crippen molar-refractivity contribution in [3.8, 4) is 0 Å². The van der Waals surface area contributed by atoms with E-state index in [1.54, 1.807) is 0 Å². The van der Waals surface area contributed by atoms with Crippen molar-refractivity contribution in [2.24, 2.45) is 5.92 Å². The van der Waals surface area contributed by atoms with Crippen molar-refractivity contribution in [1.29, 1.82) is 0 Å². The third-order valence-electron chi connectivity index (χ3n) is 6.48. The van der Waals surface area contributed by atoms with E-state index in [1.807, 2.05) is 0 Å². The quantitative estimate of drug-likeness (QED) is 0.721. The van der Waals surface area contributed by atoms with E-state index in [0.717, 1.165) is 19.0 Å². The van der Waals surface area contributed by atoms with Crippen molar-refractivity contribution in [3.63, 3.8) is 0 Å². The molecule has 3 aliphatic heterocycles. The minimum atomic E-state index is -2.42. The number of piperazine rings is 1. The van der Waals surface area contributed by atoms with Crippen molar-refractivity contribution in [2.75, 3.05) is 79.0 Å². The number of likely N-dealkylation sites (tertiary alicyclic amines) is 2. The fourth-order valence-electron chi connectivity index (χ4n) is 4.32. The average Bonchev–Trinajstić information content (AvgIpc) is 2.61. The molecular formula is C19H36F2N4. The summed E-state index contributed by atoms with van der Waals surface area (Å²) in [5, 5.41) is 0. The zero-order valence-corrected chi connectivity index (χ0v) is 15.9. The molecule has 0 aliphatic carbocycles. The molecule has 0 atom stereocenters. The molecule has 3 rings (SSSR count). The molecule has 0 saturated carbocycles. The highest BCUT2D eigenvalue weighted by molar-refractivity contribution is 4.80. The molecule has 0 unspecified atom stereocenters. The molecule has 0 aromatic heterocycles. The van der Waals surface area contributed by atoms with Gasteiger partial charge in [-0.25, -0.2) is 8.78 Å². The first-order chi connectivity index (χ1) is 12.0. The van der Waals surface area contributed by atoms with Gasteiger partial charge >= 0.3 is 0 Å². The fraction of sp³-hybridized carbons (Fsp3) is 1.00. The van der Waals surface area contributed by atoms with E-state index in [1.165, 1.54) is 65.1 Å². The summed E-state index contributed by atoms with van der Waals surface area (Å²) in [5.74, 6) is -1.54. The number of alkyl halides is 2. The van der Waals surface area contributed by atoms with E-state index in [4.69, 9.17) is 0 Å². The number of piperidine rings is 2. The van der Waals surface area contributed by atoms with E-state index in [0.29, 0.717) is 13.1 Å². The molecule has 6 heteroatoms. The molecule has 4 nitrogen and oxygen atoms in total. The van der Waals surface area contributed by atoms with Crippen LogP contribution >= 0.6 is 0 Å². The average molecular weight is 359 g/mol. The molecule has 0 amide bonds. The highest BCUT2D eigenvalue weighted by atomic mass is 19.3. The van der Waals surface area contributed by atoms with Crippen molar-refractivity contribution in [1.82, 2.24) is 19.6 Å². The first-order valence-electron chi connectivity index (χ1n) is 10.2. The lowest BCUT2D eigenvalue weighted by molar-refractivity contribution is -0.0563. The molecule has 25 heavy (non-hydrogen) atoms. The van der Waals surface area contributed by atoms with E-state index < -0.39 is 5.92 Å². The summed E-state index contributed by atoms with van der Waals surface area (Å²) in [7, 11) is 2.21. The maximum atomic E-state index is 13.2. The number of nitrogens with zero attached hydrogens (tertiary/aromatic N) is 4. The van der Waals surface area contributed by atoms with Crippen LogP contribution in [0.15, 0.2) is 0 Å². The molecule has 0 N–H and O–H groups in total. The highest BCUT2D eigenvalue weighted by Gasteiger charge is 2.33. The zero-order valence-electron chi connectivity index (χ0n) is 15.9. The largest absolute Gasteiger partial charge is 0.304 e. The number of rotatable bonds is 6. The summed E-state index contributed by atoms with van der Waals surface area (Å²) in [6, 6.07) is 0. The summed E-state index contributed by atoms with van der Waals surface area (Å²) >= 11 is 0. The Morgan fingerprint density at radius 2 is 1.24 bits per heavy atom. The molecule has 0 radical (unpaired) electrons. The van der Waals surface area contributed by atoms with Gasteiger partial charge in [-0.05, 0) is 51.9 Å². The van der Waals surface area contributed by atoms with Crippen molar-refractivity contribution in [3.05, 3.63) is 0 Å². The first kappa shape index (κ1) is 19.5. The predicted octanol–water partition coefficient (Wildman–Crippen LogP) is 2.07. The minimum Gasteiger partial charge on any atom is -0.304 e. The van der Waals surface area contributed by atoms with Crippen LogP contribution in [0.2, 0.25) is 0 Å². The topological polar surface area (TPSA) is 13.0 Å². The van der Waals surface area contributed by atoms with Gasteiger partial charge in [0, 0.05) is 65.2 Å².